The van der Waals surface area contributed by atoms with Crippen LogP contribution < -0.4 is 20.5 Å². The van der Waals surface area contributed by atoms with Gasteiger partial charge in [-0.1, -0.05) is 49.4 Å². The van der Waals surface area contributed by atoms with Crippen molar-refractivity contribution in [3.8, 4) is 11.5 Å². The lowest BCUT2D eigenvalue weighted by atomic mass is 9.89. The lowest BCUT2D eigenvalue weighted by molar-refractivity contribution is 0.309. The molecule has 4 nitrogen and oxygen atoms in total. The van der Waals surface area contributed by atoms with Crippen LogP contribution in [0.15, 0.2) is 59.6 Å². The number of thioether (sulfide) groups is 1. The van der Waals surface area contributed by atoms with Crippen molar-refractivity contribution in [2.45, 2.75) is 37.6 Å². The highest BCUT2D eigenvalue weighted by Gasteiger charge is 2.23. The molecule has 0 spiro atoms. The van der Waals surface area contributed by atoms with E-state index < -0.39 is 0 Å². The second kappa shape index (κ2) is 9.72. The van der Waals surface area contributed by atoms with Crippen LogP contribution in [-0.2, 0) is 6.42 Å². The van der Waals surface area contributed by atoms with E-state index in [1.807, 2.05) is 12.1 Å². The molecule has 2 atom stereocenters. The molecule has 0 radical (unpaired) electrons. The van der Waals surface area contributed by atoms with Crippen LogP contribution in [0, 0.1) is 0 Å². The van der Waals surface area contributed by atoms with E-state index >= 15 is 0 Å². The molecule has 1 aliphatic heterocycles. The van der Waals surface area contributed by atoms with Gasteiger partial charge in [-0.15, -0.1) is 0 Å². The summed E-state index contributed by atoms with van der Waals surface area (Å²) < 4.78 is 11.1. The lowest BCUT2D eigenvalue weighted by Crippen LogP contribution is -2.31. The Balaban J connectivity index is 1.77. The Bertz CT molecular complexity index is 744. The topological polar surface area (TPSA) is 56.5 Å². The minimum absolute atomic E-state index is 0.0741. The minimum atomic E-state index is -0.0741. The molecule has 5 heteroatoms. The lowest BCUT2D eigenvalue weighted by Gasteiger charge is -2.21. The van der Waals surface area contributed by atoms with Gasteiger partial charge in [0.2, 0.25) is 0 Å². The average molecular weight is 385 g/mol. The van der Waals surface area contributed by atoms with Gasteiger partial charge < -0.3 is 20.5 Å². The van der Waals surface area contributed by atoms with Crippen LogP contribution in [0.1, 0.15) is 36.8 Å². The SMILES string of the molecule is CCCCOc1ccc(C(Cc2ccc(OC)cc2)C2=CSC(N)N2)cc1. The standard InChI is InChI=1S/C22H28N2O2S/c1-3-4-13-26-19-11-7-17(8-12-19)20(21-15-27-22(23)24-21)14-16-5-9-18(25-2)10-6-16/h5-12,15,20,22,24H,3-4,13-14,23H2,1-2H3. The van der Waals surface area contributed by atoms with E-state index in [0.717, 1.165) is 37.4 Å². The van der Waals surface area contributed by atoms with Crippen molar-refractivity contribution < 1.29 is 9.47 Å². The molecule has 0 saturated carbocycles. The number of nitrogens with two attached hydrogens (primary N) is 1. The molecule has 2 unspecified atom stereocenters. The highest BCUT2D eigenvalue weighted by atomic mass is 32.2. The number of hydrogen-bond acceptors (Lipinski definition) is 5. The van der Waals surface area contributed by atoms with Gasteiger partial charge in [0, 0.05) is 11.6 Å². The Morgan fingerprint density at radius 1 is 1.07 bits per heavy atom. The molecule has 0 saturated heterocycles. The summed E-state index contributed by atoms with van der Waals surface area (Å²) in [5.41, 5.74) is 9.64. The minimum Gasteiger partial charge on any atom is -0.497 e. The first-order chi connectivity index (χ1) is 13.2. The van der Waals surface area contributed by atoms with E-state index in [9.17, 15) is 0 Å². The first-order valence-electron chi connectivity index (χ1n) is 9.43. The zero-order valence-corrected chi connectivity index (χ0v) is 16.8. The zero-order chi connectivity index (χ0) is 19.1. The second-order valence-corrected chi connectivity index (χ2v) is 7.67. The molecular formula is C22H28N2O2S. The van der Waals surface area contributed by atoms with Crippen LogP contribution in [0.25, 0.3) is 0 Å². The maximum atomic E-state index is 6.03. The summed E-state index contributed by atoms with van der Waals surface area (Å²) >= 11 is 1.62. The number of rotatable bonds is 9. The maximum absolute atomic E-state index is 6.03. The van der Waals surface area contributed by atoms with E-state index in [-0.39, 0.29) is 11.4 Å². The summed E-state index contributed by atoms with van der Waals surface area (Å²) in [6, 6.07) is 16.7. The van der Waals surface area contributed by atoms with Crippen LogP contribution >= 0.6 is 11.8 Å². The monoisotopic (exact) mass is 384 g/mol. The third kappa shape index (κ3) is 5.44. The van der Waals surface area contributed by atoms with Crippen LogP contribution in [0.3, 0.4) is 0 Å². The van der Waals surface area contributed by atoms with Gasteiger partial charge in [0.25, 0.3) is 0 Å². The summed E-state index contributed by atoms with van der Waals surface area (Å²) in [7, 11) is 1.69. The van der Waals surface area contributed by atoms with Gasteiger partial charge in [0.15, 0.2) is 0 Å². The molecule has 1 heterocycles. The van der Waals surface area contributed by atoms with Gasteiger partial charge in [-0.3, -0.25) is 0 Å². The van der Waals surface area contributed by atoms with Gasteiger partial charge in [0.1, 0.15) is 17.0 Å². The molecular weight excluding hydrogens is 356 g/mol. The van der Waals surface area contributed by atoms with Gasteiger partial charge in [-0.05, 0) is 53.6 Å². The van der Waals surface area contributed by atoms with E-state index in [1.165, 1.54) is 16.8 Å². The summed E-state index contributed by atoms with van der Waals surface area (Å²) in [5, 5.41) is 5.54. The Morgan fingerprint density at radius 3 is 2.37 bits per heavy atom. The van der Waals surface area contributed by atoms with Crippen LogP contribution in [-0.4, -0.2) is 19.2 Å². The number of benzene rings is 2. The first kappa shape index (κ1) is 19.6. The summed E-state index contributed by atoms with van der Waals surface area (Å²) in [5.74, 6) is 2.03. The molecule has 1 aliphatic rings. The third-order valence-electron chi connectivity index (χ3n) is 4.67. The normalized spacial score (nSPS) is 17.1. The molecule has 2 aromatic carbocycles. The van der Waals surface area contributed by atoms with Crippen LogP contribution in [0.4, 0.5) is 0 Å². The quantitative estimate of drug-likeness (QED) is 0.618. The van der Waals surface area contributed by atoms with Crippen molar-refractivity contribution in [1.29, 1.82) is 0 Å². The largest absolute Gasteiger partial charge is 0.497 e. The number of ether oxygens (including phenoxy) is 2. The highest BCUT2D eigenvalue weighted by molar-refractivity contribution is 8.02. The van der Waals surface area contributed by atoms with E-state index in [0.29, 0.717) is 0 Å². The van der Waals surface area contributed by atoms with Crippen molar-refractivity contribution >= 4 is 11.8 Å². The molecule has 0 amide bonds. The Labute approximate surface area is 166 Å². The number of methoxy groups -OCH3 is 1. The average Bonchev–Trinajstić information content (AvgIpc) is 3.13. The fraction of sp³-hybridized carbons (Fsp3) is 0.364. The predicted molar refractivity (Wildman–Crippen MR) is 113 cm³/mol. The highest BCUT2D eigenvalue weighted by Crippen LogP contribution is 2.34. The fourth-order valence-electron chi connectivity index (χ4n) is 3.10. The summed E-state index contributed by atoms with van der Waals surface area (Å²) in [4.78, 5) is 0. The van der Waals surface area contributed by atoms with E-state index in [4.69, 9.17) is 15.2 Å². The van der Waals surface area contributed by atoms with E-state index in [2.05, 4.69) is 54.0 Å². The molecule has 0 fully saturated rings. The predicted octanol–water partition coefficient (Wildman–Crippen LogP) is 4.62. The number of allylic oxidation sites excluding steroid dienone is 1. The van der Waals surface area contributed by atoms with Crippen molar-refractivity contribution in [1.82, 2.24) is 5.32 Å². The molecule has 0 aliphatic carbocycles. The fourth-order valence-corrected chi connectivity index (χ4v) is 3.83. The molecule has 0 aromatic heterocycles. The number of hydrogen-bond donors (Lipinski definition) is 2. The van der Waals surface area contributed by atoms with Crippen molar-refractivity contribution in [3.63, 3.8) is 0 Å². The first-order valence-corrected chi connectivity index (χ1v) is 10.4. The summed E-state index contributed by atoms with van der Waals surface area (Å²) in [6.45, 7) is 2.94. The molecule has 2 aromatic rings. The van der Waals surface area contributed by atoms with Crippen molar-refractivity contribution in [2.75, 3.05) is 13.7 Å². The van der Waals surface area contributed by atoms with Gasteiger partial charge >= 0.3 is 0 Å². The van der Waals surface area contributed by atoms with Gasteiger partial charge in [-0.25, -0.2) is 0 Å². The van der Waals surface area contributed by atoms with Crippen LogP contribution in [0.2, 0.25) is 0 Å². The molecule has 144 valence electrons. The number of nitrogens with one attached hydrogen (secondary N) is 1. The van der Waals surface area contributed by atoms with Crippen molar-refractivity contribution in [3.05, 3.63) is 70.8 Å². The Morgan fingerprint density at radius 2 is 1.78 bits per heavy atom. The van der Waals surface area contributed by atoms with Gasteiger partial charge in [-0.2, -0.15) is 0 Å². The molecule has 3 rings (SSSR count). The molecule has 27 heavy (non-hydrogen) atoms. The Kier molecular flexibility index (Phi) is 7.07. The molecule has 0 bridgehead atoms. The second-order valence-electron chi connectivity index (χ2n) is 6.65. The van der Waals surface area contributed by atoms with Gasteiger partial charge in [0.05, 0.1) is 13.7 Å². The smallest absolute Gasteiger partial charge is 0.127 e. The zero-order valence-electron chi connectivity index (χ0n) is 16.0. The third-order valence-corrected chi connectivity index (χ3v) is 5.48. The van der Waals surface area contributed by atoms with Crippen molar-refractivity contribution in [2.24, 2.45) is 5.73 Å². The van der Waals surface area contributed by atoms with Crippen LogP contribution in [0.5, 0.6) is 11.5 Å². The van der Waals surface area contributed by atoms with E-state index in [1.54, 1.807) is 18.9 Å². The Hall–Kier alpha value is -2.11. The maximum Gasteiger partial charge on any atom is 0.127 e. The molecule has 3 N–H and O–H groups in total. The summed E-state index contributed by atoms with van der Waals surface area (Å²) in [6.07, 6.45) is 3.11. The number of unbranched alkanes of at least 4 members (excludes halogenated alkanes) is 1.